The fourth-order valence-corrected chi connectivity index (χ4v) is 3.83. The summed E-state index contributed by atoms with van der Waals surface area (Å²) >= 11 is 0. The Kier molecular flexibility index (Phi) is 5.76. The molecule has 2 saturated heterocycles. The molecule has 2 heterocycles. The van der Waals surface area contributed by atoms with Gasteiger partial charge in [-0.1, -0.05) is 12.1 Å². The summed E-state index contributed by atoms with van der Waals surface area (Å²) < 4.78 is 10.7. The van der Waals surface area contributed by atoms with E-state index in [2.05, 4.69) is 0 Å². The van der Waals surface area contributed by atoms with E-state index in [9.17, 15) is 9.90 Å². The molecule has 1 amide bonds. The van der Waals surface area contributed by atoms with E-state index in [1.54, 1.807) is 13.2 Å². The Labute approximate surface area is 149 Å². The fraction of sp³-hybridized carbons (Fsp3) is 0.550. The maximum absolute atomic E-state index is 12.8. The number of amides is 1. The molecule has 5 heteroatoms. The second kappa shape index (κ2) is 8.02. The van der Waals surface area contributed by atoms with Crippen LogP contribution in [0.2, 0.25) is 0 Å². The first-order chi connectivity index (χ1) is 12.1. The van der Waals surface area contributed by atoms with Gasteiger partial charge in [0, 0.05) is 31.2 Å². The topological polar surface area (TPSA) is 59.0 Å². The molecule has 25 heavy (non-hydrogen) atoms. The molecule has 2 fully saturated rings. The van der Waals surface area contributed by atoms with Crippen molar-refractivity contribution in [3.8, 4) is 5.75 Å². The van der Waals surface area contributed by atoms with Gasteiger partial charge in [0.05, 0.1) is 19.8 Å². The van der Waals surface area contributed by atoms with Crippen molar-refractivity contribution >= 4 is 11.5 Å². The van der Waals surface area contributed by atoms with E-state index >= 15 is 0 Å². The number of likely N-dealkylation sites (tertiary alicyclic amines) is 1. The van der Waals surface area contributed by atoms with E-state index in [0.29, 0.717) is 19.6 Å². The standard InChI is InChI=1S/C20H27NO4/c1-14(15-5-7-16(24-2)8-6-15)12-20(23)21-10-3-4-18(21)17-13-25-11-9-19(17)22/h5-8,12,17-19,22H,3-4,9-11,13H2,1-2H3/b14-12+. The number of hydrogen-bond acceptors (Lipinski definition) is 4. The van der Waals surface area contributed by atoms with E-state index in [0.717, 1.165) is 36.3 Å². The number of carbonyl (C=O) groups excluding carboxylic acids is 1. The molecule has 136 valence electrons. The Morgan fingerprint density at radius 2 is 2.08 bits per heavy atom. The van der Waals surface area contributed by atoms with Gasteiger partial charge in [0.25, 0.3) is 0 Å². The lowest BCUT2D eigenvalue weighted by molar-refractivity contribution is -0.131. The second-order valence-corrected chi connectivity index (χ2v) is 6.89. The van der Waals surface area contributed by atoms with Gasteiger partial charge in [0.1, 0.15) is 5.75 Å². The zero-order valence-electron chi connectivity index (χ0n) is 15.0. The van der Waals surface area contributed by atoms with Gasteiger partial charge in [-0.05, 0) is 49.5 Å². The maximum Gasteiger partial charge on any atom is 0.247 e. The van der Waals surface area contributed by atoms with Gasteiger partial charge in [-0.25, -0.2) is 0 Å². The van der Waals surface area contributed by atoms with E-state index in [1.807, 2.05) is 36.1 Å². The van der Waals surface area contributed by atoms with Gasteiger partial charge in [0.2, 0.25) is 5.91 Å². The van der Waals surface area contributed by atoms with Crippen LogP contribution in [0.4, 0.5) is 0 Å². The van der Waals surface area contributed by atoms with Gasteiger partial charge >= 0.3 is 0 Å². The largest absolute Gasteiger partial charge is 0.497 e. The highest BCUT2D eigenvalue weighted by atomic mass is 16.5. The summed E-state index contributed by atoms with van der Waals surface area (Å²) in [6, 6.07) is 7.77. The summed E-state index contributed by atoms with van der Waals surface area (Å²) in [6.07, 6.45) is 3.90. The van der Waals surface area contributed by atoms with E-state index < -0.39 is 0 Å². The van der Waals surface area contributed by atoms with Gasteiger partial charge in [-0.15, -0.1) is 0 Å². The molecule has 1 aromatic rings. The number of methoxy groups -OCH3 is 1. The molecule has 0 aliphatic carbocycles. The molecular formula is C20H27NO4. The second-order valence-electron chi connectivity index (χ2n) is 6.89. The predicted octanol–water partition coefficient (Wildman–Crippen LogP) is 2.49. The summed E-state index contributed by atoms with van der Waals surface area (Å²) in [6.45, 7) is 3.84. The Hall–Kier alpha value is -1.85. The summed E-state index contributed by atoms with van der Waals surface area (Å²) in [5.41, 5.74) is 1.93. The number of allylic oxidation sites excluding steroid dienone is 1. The lowest BCUT2D eigenvalue weighted by atomic mass is 9.89. The molecule has 3 atom stereocenters. The predicted molar refractivity (Wildman–Crippen MR) is 96.3 cm³/mol. The minimum Gasteiger partial charge on any atom is -0.497 e. The molecule has 3 unspecified atom stereocenters. The van der Waals surface area contributed by atoms with Crippen LogP contribution in [0, 0.1) is 5.92 Å². The molecule has 1 aromatic carbocycles. The minimum absolute atomic E-state index is 0.0218. The number of aliphatic hydroxyl groups is 1. The minimum atomic E-state index is -0.376. The number of hydrogen-bond donors (Lipinski definition) is 1. The molecule has 0 spiro atoms. The van der Waals surface area contributed by atoms with Crippen LogP contribution in [-0.4, -0.2) is 54.9 Å². The van der Waals surface area contributed by atoms with Gasteiger partial charge in [-0.3, -0.25) is 4.79 Å². The Morgan fingerprint density at radius 1 is 1.32 bits per heavy atom. The molecule has 0 aromatic heterocycles. The highest BCUT2D eigenvalue weighted by Crippen LogP contribution is 2.30. The smallest absolute Gasteiger partial charge is 0.247 e. The number of carbonyl (C=O) groups is 1. The summed E-state index contributed by atoms with van der Waals surface area (Å²) in [7, 11) is 1.64. The summed E-state index contributed by atoms with van der Waals surface area (Å²) in [4.78, 5) is 14.7. The number of rotatable bonds is 4. The zero-order chi connectivity index (χ0) is 17.8. The van der Waals surface area contributed by atoms with E-state index in [-0.39, 0.29) is 24.0 Å². The van der Waals surface area contributed by atoms with Crippen molar-refractivity contribution in [2.75, 3.05) is 26.9 Å². The van der Waals surface area contributed by atoms with Crippen LogP contribution in [-0.2, 0) is 9.53 Å². The lowest BCUT2D eigenvalue weighted by Crippen LogP contribution is -2.47. The molecule has 5 nitrogen and oxygen atoms in total. The van der Waals surface area contributed by atoms with Gasteiger partial charge in [-0.2, -0.15) is 0 Å². The molecule has 1 N–H and O–H groups in total. The van der Waals surface area contributed by atoms with Crippen LogP contribution in [0.15, 0.2) is 30.3 Å². The zero-order valence-corrected chi connectivity index (χ0v) is 15.0. The highest BCUT2D eigenvalue weighted by molar-refractivity contribution is 5.95. The fourth-order valence-electron chi connectivity index (χ4n) is 3.83. The van der Waals surface area contributed by atoms with Crippen LogP contribution < -0.4 is 4.74 Å². The van der Waals surface area contributed by atoms with Crippen molar-refractivity contribution < 1.29 is 19.4 Å². The first-order valence-electron chi connectivity index (χ1n) is 8.99. The van der Waals surface area contributed by atoms with E-state index in [1.165, 1.54) is 0 Å². The van der Waals surface area contributed by atoms with E-state index in [4.69, 9.17) is 9.47 Å². The van der Waals surface area contributed by atoms with Crippen LogP contribution in [0.25, 0.3) is 5.57 Å². The molecule has 0 saturated carbocycles. The first kappa shape index (κ1) is 18.0. The lowest BCUT2D eigenvalue weighted by Gasteiger charge is -2.36. The Morgan fingerprint density at radius 3 is 2.76 bits per heavy atom. The van der Waals surface area contributed by atoms with Crippen molar-refractivity contribution in [1.29, 1.82) is 0 Å². The molecule has 2 aliphatic rings. The monoisotopic (exact) mass is 345 g/mol. The van der Waals surface area contributed by atoms with Crippen LogP contribution in [0.1, 0.15) is 31.7 Å². The average Bonchev–Trinajstić information content (AvgIpc) is 3.11. The summed E-state index contributed by atoms with van der Waals surface area (Å²) in [5, 5.41) is 10.3. The third-order valence-corrected chi connectivity index (χ3v) is 5.32. The molecular weight excluding hydrogens is 318 g/mol. The molecule has 0 bridgehead atoms. The SMILES string of the molecule is COc1ccc(/C(C)=C/C(=O)N2CCCC2C2COCCC2O)cc1. The maximum atomic E-state index is 12.8. The first-order valence-corrected chi connectivity index (χ1v) is 8.99. The van der Waals surface area contributed by atoms with Crippen molar-refractivity contribution in [2.24, 2.45) is 5.92 Å². The third kappa shape index (κ3) is 4.05. The normalized spacial score (nSPS) is 27.4. The molecule has 2 aliphatic heterocycles. The molecule has 0 radical (unpaired) electrons. The van der Waals surface area contributed by atoms with Gasteiger partial charge in [0.15, 0.2) is 0 Å². The highest BCUT2D eigenvalue weighted by Gasteiger charge is 2.39. The average molecular weight is 345 g/mol. The third-order valence-electron chi connectivity index (χ3n) is 5.32. The van der Waals surface area contributed by atoms with Crippen molar-refractivity contribution in [3.05, 3.63) is 35.9 Å². The number of benzene rings is 1. The van der Waals surface area contributed by atoms with Crippen molar-refractivity contribution in [1.82, 2.24) is 4.90 Å². The molecule has 3 rings (SSSR count). The van der Waals surface area contributed by atoms with Crippen LogP contribution >= 0.6 is 0 Å². The van der Waals surface area contributed by atoms with Crippen molar-refractivity contribution in [3.63, 3.8) is 0 Å². The van der Waals surface area contributed by atoms with Crippen molar-refractivity contribution in [2.45, 2.75) is 38.3 Å². The Bertz CT molecular complexity index is 625. The number of nitrogens with zero attached hydrogens (tertiary/aromatic N) is 1. The van der Waals surface area contributed by atoms with Crippen LogP contribution in [0.5, 0.6) is 5.75 Å². The summed E-state index contributed by atoms with van der Waals surface area (Å²) in [5.74, 6) is 0.845. The van der Waals surface area contributed by atoms with Crippen LogP contribution in [0.3, 0.4) is 0 Å². The quantitative estimate of drug-likeness (QED) is 0.852. The number of ether oxygens (including phenoxy) is 2. The Balaban J connectivity index is 1.72. The van der Waals surface area contributed by atoms with Gasteiger partial charge < -0.3 is 19.5 Å². The number of aliphatic hydroxyl groups excluding tert-OH is 1.